The molecular formula is C15H21ClN2O. The van der Waals surface area contributed by atoms with E-state index in [0.29, 0.717) is 11.9 Å². The number of fused-ring (bicyclic) bond motifs is 1. The molecule has 0 saturated heterocycles. The number of aryl methyl sites for hydroxylation is 1. The summed E-state index contributed by atoms with van der Waals surface area (Å²) in [4.78, 5) is 4.73. The van der Waals surface area contributed by atoms with E-state index in [1.165, 1.54) is 5.52 Å². The fraction of sp³-hybridized carbons (Fsp3) is 0.533. The quantitative estimate of drug-likeness (QED) is 0.742. The predicted octanol–water partition coefficient (Wildman–Crippen LogP) is 4.19. The number of halogens is 1. The van der Waals surface area contributed by atoms with Crippen LogP contribution in [0.25, 0.3) is 11.0 Å². The molecule has 2 rings (SSSR count). The van der Waals surface area contributed by atoms with E-state index in [4.69, 9.17) is 21.3 Å². The molecule has 104 valence electrons. The van der Waals surface area contributed by atoms with Crippen molar-refractivity contribution in [2.75, 3.05) is 13.0 Å². The van der Waals surface area contributed by atoms with Gasteiger partial charge in [-0.05, 0) is 25.0 Å². The number of aromatic nitrogens is 2. The third-order valence-electron chi connectivity index (χ3n) is 3.60. The van der Waals surface area contributed by atoms with Gasteiger partial charge in [-0.2, -0.15) is 0 Å². The summed E-state index contributed by atoms with van der Waals surface area (Å²) >= 11 is 5.91. The lowest BCUT2D eigenvalue weighted by Gasteiger charge is -2.18. The lowest BCUT2D eigenvalue weighted by atomic mass is 10.1. The van der Waals surface area contributed by atoms with Crippen LogP contribution in [-0.2, 0) is 6.42 Å². The van der Waals surface area contributed by atoms with Gasteiger partial charge in [-0.3, -0.25) is 0 Å². The Labute approximate surface area is 119 Å². The number of ether oxygens (including phenoxy) is 1. The number of rotatable bonds is 6. The van der Waals surface area contributed by atoms with Gasteiger partial charge in [0, 0.05) is 24.4 Å². The predicted molar refractivity (Wildman–Crippen MR) is 80.3 cm³/mol. The molecule has 0 aliphatic rings. The third-order valence-corrected chi connectivity index (χ3v) is 3.78. The summed E-state index contributed by atoms with van der Waals surface area (Å²) in [6.45, 7) is 4.43. The molecule has 1 heterocycles. The molecule has 0 unspecified atom stereocenters. The van der Waals surface area contributed by atoms with Crippen molar-refractivity contribution >= 4 is 22.6 Å². The van der Waals surface area contributed by atoms with Crippen molar-refractivity contribution in [3.05, 3.63) is 24.0 Å². The minimum absolute atomic E-state index is 0.483. The highest BCUT2D eigenvalue weighted by molar-refractivity contribution is 6.17. The van der Waals surface area contributed by atoms with Gasteiger partial charge in [0.25, 0.3) is 0 Å². The smallest absolute Gasteiger partial charge is 0.121 e. The monoisotopic (exact) mass is 280 g/mol. The van der Waals surface area contributed by atoms with Crippen LogP contribution in [0.4, 0.5) is 0 Å². The maximum atomic E-state index is 5.91. The molecule has 1 aromatic heterocycles. The van der Waals surface area contributed by atoms with Gasteiger partial charge in [0.05, 0.1) is 18.1 Å². The van der Waals surface area contributed by atoms with Gasteiger partial charge in [0.15, 0.2) is 0 Å². The molecule has 0 spiro atoms. The molecule has 0 saturated carbocycles. The Morgan fingerprint density at radius 2 is 2.05 bits per heavy atom. The summed E-state index contributed by atoms with van der Waals surface area (Å²) in [6.07, 6.45) is 3.00. The zero-order chi connectivity index (χ0) is 13.8. The van der Waals surface area contributed by atoms with E-state index in [0.717, 1.165) is 36.4 Å². The Balaban J connectivity index is 2.59. The van der Waals surface area contributed by atoms with E-state index in [1.54, 1.807) is 7.11 Å². The van der Waals surface area contributed by atoms with Crippen molar-refractivity contribution in [1.82, 2.24) is 9.55 Å². The molecule has 0 aliphatic heterocycles. The number of benzene rings is 1. The Bertz CT molecular complexity index is 546. The highest BCUT2D eigenvalue weighted by Crippen LogP contribution is 2.28. The van der Waals surface area contributed by atoms with Gasteiger partial charge < -0.3 is 9.30 Å². The molecule has 1 aromatic carbocycles. The highest BCUT2D eigenvalue weighted by atomic mass is 35.5. The van der Waals surface area contributed by atoms with Crippen LogP contribution >= 0.6 is 11.6 Å². The van der Waals surface area contributed by atoms with Crippen LogP contribution in [0.2, 0.25) is 0 Å². The van der Waals surface area contributed by atoms with Crippen LogP contribution in [0.1, 0.15) is 38.6 Å². The second kappa shape index (κ2) is 6.29. The van der Waals surface area contributed by atoms with Crippen LogP contribution in [0.15, 0.2) is 18.2 Å². The standard InChI is InChI=1S/C15H21ClN2O/c1-4-11(5-2)18-14-7-6-12(19-3)10-13(14)17-15(18)8-9-16/h6-7,10-11H,4-5,8-9H2,1-3H3. The van der Waals surface area contributed by atoms with Gasteiger partial charge in [0.1, 0.15) is 11.6 Å². The van der Waals surface area contributed by atoms with Gasteiger partial charge in [0.2, 0.25) is 0 Å². The lowest BCUT2D eigenvalue weighted by molar-refractivity contribution is 0.415. The number of alkyl halides is 1. The van der Waals surface area contributed by atoms with Crippen molar-refractivity contribution in [3.8, 4) is 5.75 Å². The Morgan fingerprint density at radius 1 is 1.32 bits per heavy atom. The van der Waals surface area contributed by atoms with E-state index in [2.05, 4.69) is 24.5 Å². The van der Waals surface area contributed by atoms with Gasteiger partial charge in [-0.1, -0.05) is 13.8 Å². The van der Waals surface area contributed by atoms with Crippen molar-refractivity contribution in [3.63, 3.8) is 0 Å². The van der Waals surface area contributed by atoms with E-state index >= 15 is 0 Å². The summed E-state index contributed by atoms with van der Waals surface area (Å²) in [5, 5.41) is 0. The van der Waals surface area contributed by atoms with Crippen molar-refractivity contribution in [2.24, 2.45) is 0 Å². The number of nitrogens with zero attached hydrogens (tertiary/aromatic N) is 2. The summed E-state index contributed by atoms with van der Waals surface area (Å²) in [7, 11) is 1.68. The summed E-state index contributed by atoms with van der Waals surface area (Å²) in [5.74, 6) is 2.52. The molecular weight excluding hydrogens is 260 g/mol. The number of hydrogen-bond acceptors (Lipinski definition) is 2. The summed E-state index contributed by atoms with van der Waals surface area (Å²) < 4.78 is 7.61. The van der Waals surface area contributed by atoms with Gasteiger partial charge in [-0.25, -0.2) is 4.98 Å². The molecule has 2 aromatic rings. The molecule has 0 fully saturated rings. The molecule has 0 aliphatic carbocycles. The maximum absolute atomic E-state index is 5.91. The molecule has 4 heteroatoms. The van der Waals surface area contributed by atoms with E-state index in [-0.39, 0.29) is 0 Å². The molecule has 3 nitrogen and oxygen atoms in total. The van der Waals surface area contributed by atoms with Crippen molar-refractivity contribution in [2.45, 2.75) is 39.2 Å². The van der Waals surface area contributed by atoms with Crippen LogP contribution in [-0.4, -0.2) is 22.5 Å². The Morgan fingerprint density at radius 3 is 2.63 bits per heavy atom. The molecule has 0 amide bonds. The first-order chi connectivity index (χ1) is 9.24. The van der Waals surface area contributed by atoms with Crippen molar-refractivity contribution in [1.29, 1.82) is 0 Å². The zero-order valence-electron chi connectivity index (χ0n) is 11.8. The van der Waals surface area contributed by atoms with Gasteiger partial charge in [-0.15, -0.1) is 11.6 Å². The second-order valence-electron chi connectivity index (χ2n) is 4.66. The molecule has 0 atom stereocenters. The Kier molecular flexibility index (Phi) is 4.70. The molecule has 0 N–H and O–H groups in total. The van der Waals surface area contributed by atoms with Crippen LogP contribution < -0.4 is 4.74 Å². The number of hydrogen-bond donors (Lipinski definition) is 0. The topological polar surface area (TPSA) is 27.1 Å². The van der Waals surface area contributed by atoms with E-state index in [9.17, 15) is 0 Å². The fourth-order valence-corrected chi connectivity index (χ4v) is 2.75. The minimum atomic E-state index is 0.483. The van der Waals surface area contributed by atoms with Gasteiger partial charge >= 0.3 is 0 Å². The first kappa shape index (κ1) is 14.2. The largest absolute Gasteiger partial charge is 0.497 e. The Hall–Kier alpha value is -1.22. The van der Waals surface area contributed by atoms with Crippen molar-refractivity contribution < 1.29 is 4.74 Å². The summed E-state index contributed by atoms with van der Waals surface area (Å²) in [5.41, 5.74) is 2.17. The first-order valence-corrected chi connectivity index (χ1v) is 7.39. The highest BCUT2D eigenvalue weighted by Gasteiger charge is 2.16. The average Bonchev–Trinajstić information content (AvgIpc) is 2.78. The second-order valence-corrected chi connectivity index (χ2v) is 5.04. The minimum Gasteiger partial charge on any atom is -0.497 e. The third kappa shape index (κ3) is 2.71. The lowest BCUT2D eigenvalue weighted by Crippen LogP contribution is -2.11. The molecule has 0 bridgehead atoms. The zero-order valence-corrected chi connectivity index (χ0v) is 12.6. The van der Waals surface area contributed by atoms with E-state index in [1.807, 2.05) is 12.1 Å². The van der Waals surface area contributed by atoms with Crippen LogP contribution in [0.3, 0.4) is 0 Å². The first-order valence-electron chi connectivity index (χ1n) is 6.85. The summed E-state index contributed by atoms with van der Waals surface area (Å²) in [6, 6.07) is 6.56. The van der Waals surface area contributed by atoms with Crippen LogP contribution in [0, 0.1) is 0 Å². The number of imidazole rings is 1. The SMILES string of the molecule is CCC(CC)n1c(CCCl)nc2cc(OC)ccc21. The van der Waals surface area contributed by atoms with Crippen LogP contribution in [0.5, 0.6) is 5.75 Å². The average molecular weight is 281 g/mol. The molecule has 19 heavy (non-hydrogen) atoms. The normalized spacial score (nSPS) is 11.4. The fourth-order valence-electron chi connectivity index (χ4n) is 2.58. The number of methoxy groups -OCH3 is 1. The maximum Gasteiger partial charge on any atom is 0.121 e. The van der Waals surface area contributed by atoms with E-state index < -0.39 is 0 Å². The molecule has 0 radical (unpaired) electrons.